The number of rotatable bonds is 2. The topological polar surface area (TPSA) is 84.2 Å². The lowest BCUT2D eigenvalue weighted by Gasteiger charge is -2.30. The zero-order chi connectivity index (χ0) is 15.7. The molecular formula is C15H16FN3O3. The summed E-state index contributed by atoms with van der Waals surface area (Å²) in [6.45, 7) is 0. The SMILES string of the molecule is O=C(O)NC1CCC(n2c(=O)ccc3ncc(F)cc32)CC1. The van der Waals surface area contributed by atoms with E-state index in [0.717, 1.165) is 6.20 Å². The maximum absolute atomic E-state index is 13.5. The van der Waals surface area contributed by atoms with Crippen molar-refractivity contribution >= 4 is 17.1 Å². The molecule has 0 aromatic carbocycles. The number of hydrogen-bond acceptors (Lipinski definition) is 3. The highest BCUT2D eigenvalue weighted by Crippen LogP contribution is 2.29. The number of aromatic nitrogens is 2. The van der Waals surface area contributed by atoms with E-state index in [1.165, 1.54) is 12.1 Å². The maximum Gasteiger partial charge on any atom is 0.404 e. The van der Waals surface area contributed by atoms with Gasteiger partial charge in [-0.25, -0.2) is 9.18 Å². The van der Waals surface area contributed by atoms with Gasteiger partial charge in [0.05, 0.1) is 17.2 Å². The van der Waals surface area contributed by atoms with Crippen LogP contribution in [0.5, 0.6) is 0 Å². The third kappa shape index (κ3) is 2.79. The number of amides is 1. The third-order valence-corrected chi connectivity index (χ3v) is 4.13. The van der Waals surface area contributed by atoms with Crippen molar-refractivity contribution in [2.75, 3.05) is 0 Å². The van der Waals surface area contributed by atoms with E-state index < -0.39 is 11.9 Å². The van der Waals surface area contributed by atoms with Crippen molar-refractivity contribution in [1.82, 2.24) is 14.9 Å². The van der Waals surface area contributed by atoms with Crippen molar-refractivity contribution < 1.29 is 14.3 Å². The lowest BCUT2D eigenvalue weighted by molar-refractivity contribution is 0.182. The van der Waals surface area contributed by atoms with E-state index in [1.807, 2.05) is 0 Å². The van der Waals surface area contributed by atoms with Gasteiger partial charge in [0.2, 0.25) is 0 Å². The molecule has 1 fully saturated rings. The van der Waals surface area contributed by atoms with Crippen LogP contribution in [0.15, 0.2) is 29.2 Å². The van der Waals surface area contributed by atoms with Crippen molar-refractivity contribution in [3.05, 3.63) is 40.6 Å². The second-order valence-corrected chi connectivity index (χ2v) is 5.55. The number of halogens is 1. The van der Waals surface area contributed by atoms with E-state index >= 15 is 0 Å². The van der Waals surface area contributed by atoms with Crippen LogP contribution in [0.25, 0.3) is 11.0 Å². The van der Waals surface area contributed by atoms with Gasteiger partial charge in [0.1, 0.15) is 5.82 Å². The van der Waals surface area contributed by atoms with Crippen LogP contribution in [0, 0.1) is 5.82 Å². The van der Waals surface area contributed by atoms with Crippen molar-refractivity contribution in [3.8, 4) is 0 Å². The molecule has 0 aliphatic heterocycles. The Kier molecular flexibility index (Phi) is 3.79. The van der Waals surface area contributed by atoms with Gasteiger partial charge in [-0.3, -0.25) is 9.78 Å². The van der Waals surface area contributed by atoms with E-state index in [4.69, 9.17) is 5.11 Å². The predicted molar refractivity (Wildman–Crippen MR) is 78.4 cm³/mol. The van der Waals surface area contributed by atoms with Gasteiger partial charge in [-0.05, 0) is 31.7 Å². The van der Waals surface area contributed by atoms with Gasteiger partial charge in [-0.2, -0.15) is 0 Å². The average molecular weight is 305 g/mol. The number of nitrogens with one attached hydrogen (secondary N) is 1. The van der Waals surface area contributed by atoms with Gasteiger partial charge in [-0.1, -0.05) is 0 Å². The summed E-state index contributed by atoms with van der Waals surface area (Å²) >= 11 is 0. The molecule has 0 radical (unpaired) electrons. The Morgan fingerprint density at radius 3 is 2.73 bits per heavy atom. The molecule has 0 saturated heterocycles. The van der Waals surface area contributed by atoms with Gasteiger partial charge >= 0.3 is 6.09 Å². The molecule has 6 nitrogen and oxygen atoms in total. The number of fused-ring (bicyclic) bond motifs is 1. The zero-order valence-corrected chi connectivity index (χ0v) is 11.8. The minimum atomic E-state index is -1.03. The number of pyridine rings is 2. The highest BCUT2D eigenvalue weighted by molar-refractivity contribution is 5.74. The summed E-state index contributed by atoms with van der Waals surface area (Å²) in [7, 11) is 0. The van der Waals surface area contributed by atoms with E-state index in [-0.39, 0.29) is 17.6 Å². The monoisotopic (exact) mass is 305 g/mol. The summed E-state index contributed by atoms with van der Waals surface area (Å²) < 4.78 is 15.1. The Bertz CT molecular complexity index is 766. The average Bonchev–Trinajstić information content (AvgIpc) is 2.48. The quantitative estimate of drug-likeness (QED) is 0.891. The van der Waals surface area contributed by atoms with Crippen LogP contribution in [0.1, 0.15) is 31.7 Å². The molecular weight excluding hydrogens is 289 g/mol. The van der Waals surface area contributed by atoms with E-state index in [0.29, 0.717) is 36.7 Å². The fourth-order valence-electron chi connectivity index (χ4n) is 3.14. The summed E-state index contributed by atoms with van der Waals surface area (Å²) in [5, 5.41) is 11.2. The molecule has 7 heteroatoms. The summed E-state index contributed by atoms with van der Waals surface area (Å²) in [5.74, 6) is -0.479. The Labute approximate surface area is 125 Å². The van der Waals surface area contributed by atoms with Crippen LogP contribution in [0.2, 0.25) is 0 Å². The molecule has 3 rings (SSSR count). The molecule has 0 unspecified atom stereocenters. The molecule has 2 aromatic heterocycles. The molecule has 1 saturated carbocycles. The van der Waals surface area contributed by atoms with Crippen LogP contribution in [0.4, 0.5) is 9.18 Å². The van der Waals surface area contributed by atoms with Crippen LogP contribution in [0.3, 0.4) is 0 Å². The Hall–Kier alpha value is -2.44. The predicted octanol–water partition coefficient (Wildman–Crippen LogP) is 2.29. The number of carbonyl (C=O) groups is 1. The third-order valence-electron chi connectivity index (χ3n) is 4.13. The van der Waals surface area contributed by atoms with Crippen molar-refractivity contribution in [1.29, 1.82) is 0 Å². The van der Waals surface area contributed by atoms with E-state index in [2.05, 4.69) is 10.3 Å². The smallest absolute Gasteiger partial charge is 0.404 e. The highest BCUT2D eigenvalue weighted by atomic mass is 19.1. The van der Waals surface area contributed by atoms with Crippen molar-refractivity contribution in [2.24, 2.45) is 0 Å². The molecule has 2 aromatic rings. The summed E-state index contributed by atoms with van der Waals surface area (Å²) in [6, 6.07) is 4.20. The molecule has 1 amide bonds. The minimum absolute atomic E-state index is 0.0633. The first-order valence-corrected chi connectivity index (χ1v) is 7.21. The fraction of sp³-hybridized carbons (Fsp3) is 0.400. The molecule has 2 N–H and O–H groups in total. The van der Waals surface area contributed by atoms with Gasteiger partial charge in [0.15, 0.2) is 0 Å². The summed E-state index contributed by atoms with van der Waals surface area (Å²) in [5.41, 5.74) is 0.878. The normalized spacial score (nSPS) is 21.7. The van der Waals surface area contributed by atoms with Gasteiger partial charge in [0, 0.05) is 24.2 Å². The van der Waals surface area contributed by atoms with Crippen LogP contribution >= 0.6 is 0 Å². The fourth-order valence-corrected chi connectivity index (χ4v) is 3.14. The first-order valence-electron chi connectivity index (χ1n) is 7.21. The second kappa shape index (κ2) is 5.75. The lowest BCUT2D eigenvalue weighted by atomic mass is 9.90. The van der Waals surface area contributed by atoms with Crippen LogP contribution in [-0.2, 0) is 0 Å². The maximum atomic E-state index is 13.5. The Balaban J connectivity index is 1.91. The van der Waals surface area contributed by atoms with E-state index in [9.17, 15) is 14.0 Å². The molecule has 0 spiro atoms. The summed E-state index contributed by atoms with van der Waals surface area (Å²) in [4.78, 5) is 26.9. The summed E-state index contributed by atoms with van der Waals surface area (Å²) in [6.07, 6.45) is 2.74. The Morgan fingerprint density at radius 2 is 2.05 bits per heavy atom. The zero-order valence-electron chi connectivity index (χ0n) is 11.8. The Morgan fingerprint density at radius 1 is 1.32 bits per heavy atom. The molecule has 1 aliphatic rings. The van der Waals surface area contributed by atoms with Crippen molar-refractivity contribution in [3.63, 3.8) is 0 Å². The van der Waals surface area contributed by atoms with Crippen LogP contribution in [-0.4, -0.2) is 26.8 Å². The largest absolute Gasteiger partial charge is 0.465 e. The van der Waals surface area contributed by atoms with Crippen molar-refractivity contribution in [2.45, 2.75) is 37.8 Å². The highest BCUT2D eigenvalue weighted by Gasteiger charge is 2.25. The molecule has 0 bridgehead atoms. The molecule has 1 aliphatic carbocycles. The van der Waals surface area contributed by atoms with Gasteiger partial charge < -0.3 is 15.0 Å². The number of hydrogen-bond donors (Lipinski definition) is 2. The minimum Gasteiger partial charge on any atom is -0.465 e. The lowest BCUT2D eigenvalue weighted by Crippen LogP contribution is -2.38. The molecule has 22 heavy (non-hydrogen) atoms. The number of nitrogens with zero attached hydrogens (tertiary/aromatic N) is 2. The first kappa shape index (κ1) is 14.5. The number of carboxylic acid groups (broad SMARTS) is 1. The molecule has 116 valence electrons. The standard InChI is InChI=1S/C15H16FN3O3/c16-9-7-13-12(17-8-9)5-6-14(20)19(13)11-3-1-10(2-4-11)18-15(21)22/h5-8,10-11,18H,1-4H2,(H,21,22). The van der Waals surface area contributed by atoms with E-state index in [1.54, 1.807) is 10.6 Å². The molecule has 0 atom stereocenters. The molecule has 2 heterocycles. The second-order valence-electron chi connectivity index (χ2n) is 5.55. The first-order chi connectivity index (χ1) is 10.5. The van der Waals surface area contributed by atoms with Gasteiger partial charge in [0.25, 0.3) is 5.56 Å². The van der Waals surface area contributed by atoms with Gasteiger partial charge in [-0.15, -0.1) is 0 Å². The van der Waals surface area contributed by atoms with Crippen LogP contribution < -0.4 is 10.9 Å².